The smallest absolute Gasteiger partial charge is 0.262 e. The molecule has 1 amide bonds. The molecule has 7 heteroatoms. The lowest BCUT2D eigenvalue weighted by Crippen LogP contribution is -2.14. The second-order valence-electron chi connectivity index (χ2n) is 5.33. The van der Waals surface area contributed by atoms with Crippen molar-refractivity contribution >= 4 is 27.7 Å². The van der Waals surface area contributed by atoms with Crippen LogP contribution in [0.3, 0.4) is 0 Å². The molecule has 25 heavy (non-hydrogen) atoms. The summed E-state index contributed by atoms with van der Waals surface area (Å²) in [7, 11) is -0.731. The Bertz CT molecular complexity index is 888. The first-order valence-electron chi connectivity index (χ1n) is 7.53. The Morgan fingerprint density at radius 3 is 2.40 bits per heavy atom. The molecule has 0 atom stereocenters. The summed E-state index contributed by atoms with van der Waals surface area (Å²) < 4.78 is 32.8. The van der Waals surface area contributed by atoms with Crippen molar-refractivity contribution in [2.24, 2.45) is 0 Å². The van der Waals surface area contributed by atoms with E-state index < -0.39 is 10.0 Å². The fourth-order valence-electron chi connectivity index (χ4n) is 2.12. The van der Waals surface area contributed by atoms with E-state index in [0.29, 0.717) is 11.4 Å². The molecule has 0 fully saturated rings. The van der Waals surface area contributed by atoms with Crippen LogP contribution >= 0.6 is 0 Å². The summed E-state index contributed by atoms with van der Waals surface area (Å²) in [5, 5.41) is 2.47. The largest absolute Gasteiger partial charge is 0.495 e. The lowest BCUT2D eigenvalue weighted by atomic mass is 10.2. The number of hydrogen-bond donors (Lipinski definition) is 2. The lowest BCUT2D eigenvalue weighted by molar-refractivity contribution is -0.115. The van der Waals surface area contributed by atoms with Gasteiger partial charge >= 0.3 is 0 Å². The van der Waals surface area contributed by atoms with Gasteiger partial charge in [-0.25, -0.2) is 8.42 Å². The van der Waals surface area contributed by atoms with E-state index in [1.807, 2.05) is 13.0 Å². The normalized spacial score (nSPS) is 11.3. The van der Waals surface area contributed by atoms with E-state index >= 15 is 0 Å². The molecule has 2 rings (SSSR count). The van der Waals surface area contributed by atoms with E-state index in [0.717, 1.165) is 11.1 Å². The van der Waals surface area contributed by atoms with Crippen LogP contribution in [0.15, 0.2) is 53.4 Å². The van der Waals surface area contributed by atoms with Crippen LogP contribution in [0.5, 0.6) is 5.75 Å². The third-order valence-electron chi connectivity index (χ3n) is 3.46. The van der Waals surface area contributed by atoms with Gasteiger partial charge in [-0.15, -0.1) is 0 Å². The molecule has 6 nitrogen and oxygen atoms in total. The fraction of sp³-hybridized carbons (Fsp3) is 0.167. The van der Waals surface area contributed by atoms with Gasteiger partial charge < -0.3 is 10.1 Å². The molecule has 0 bridgehead atoms. The molecule has 132 valence electrons. The predicted molar refractivity (Wildman–Crippen MR) is 98.1 cm³/mol. The average molecular weight is 360 g/mol. The minimum atomic E-state index is -3.75. The number of carbonyl (C=O) groups is 1. The van der Waals surface area contributed by atoms with Crippen LogP contribution in [0.25, 0.3) is 6.08 Å². The molecule has 0 aromatic heterocycles. The van der Waals surface area contributed by atoms with E-state index in [1.165, 1.54) is 32.4 Å². The van der Waals surface area contributed by atoms with Crippen LogP contribution in [0, 0.1) is 6.92 Å². The van der Waals surface area contributed by atoms with Crippen molar-refractivity contribution in [2.45, 2.75) is 11.8 Å². The van der Waals surface area contributed by atoms with Crippen LogP contribution in [0.4, 0.5) is 5.69 Å². The number of sulfonamides is 1. The maximum atomic E-state index is 12.6. The van der Waals surface area contributed by atoms with Gasteiger partial charge in [0.1, 0.15) is 5.75 Å². The fourth-order valence-corrected chi connectivity index (χ4v) is 3.18. The van der Waals surface area contributed by atoms with Crippen molar-refractivity contribution in [1.82, 2.24) is 5.32 Å². The molecule has 0 unspecified atom stereocenters. The third-order valence-corrected chi connectivity index (χ3v) is 4.84. The number of anilines is 1. The first kappa shape index (κ1) is 18.5. The molecule has 0 heterocycles. The number of rotatable bonds is 6. The Morgan fingerprint density at radius 1 is 1.12 bits per heavy atom. The van der Waals surface area contributed by atoms with Gasteiger partial charge in [-0.05, 0) is 48.4 Å². The molecular formula is C18H20N2O4S. The number of nitrogens with one attached hydrogen (secondary N) is 2. The molecule has 0 aliphatic carbocycles. The van der Waals surface area contributed by atoms with Crippen molar-refractivity contribution < 1.29 is 17.9 Å². The minimum absolute atomic E-state index is 0.119. The van der Waals surface area contributed by atoms with E-state index in [4.69, 9.17) is 4.74 Å². The highest BCUT2D eigenvalue weighted by molar-refractivity contribution is 7.92. The topological polar surface area (TPSA) is 84.5 Å². The Kier molecular flexibility index (Phi) is 5.82. The van der Waals surface area contributed by atoms with Crippen molar-refractivity contribution in [2.75, 3.05) is 18.9 Å². The Morgan fingerprint density at radius 2 is 1.80 bits per heavy atom. The number of carbonyl (C=O) groups excluding carboxylic acids is 1. The Balaban J connectivity index is 2.24. The third kappa shape index (κ3) is 4.84. The first-order valence-corrected chi connectivity index (χ1v) is 9.01. The highest BCUT2D eigenvalue weighted by atomic mass is 32.2. The Hall–Kier alpha value is -2.80. The maximum absolute atomic E-state index is 12.6. The molecule has 0 radical (unpaired) electrons. The van der Waals surface area contributed by atoms with Gasteiger partial charge in [0.25, 0.3) is 10.0 Å². The molecule has 2 N–H and O–H groups in total. The summed E-state index contributed by atoms with van der Waals surface area (Å²) in [5.41, 5.74) is 2.01. The number of amides is 1. The maximum Gasteiger partial charge on any atom is 0.262 e. The van der Waals surface area contributed by atoms with Crippen LogP contribution in [0.1, 0.15) is 11.1 Å². The molecule has 2 aromatic carbocycles. The van der Waals surface area contributed by atoms with Gasteiger partial charge in [0.2, 0.25) is 5.91 Å². The van der Waals surface area contributed by atoms with E-state index in [2.05, 4.69) is 10.0 Å². The van der Waals surface area contributed by atoms with Gasteiger partial charge in [0, 0.05) is 13.1 Å². The van der Waals surface area contributed by atoms with Crippen LogP contribution in [-0.2, 0) is 14.8 Å². The first-order chi connectivity index (χ1) is 11.9. The quantitative estimate of drug-likeness (QED) is 0.776. The lowest BCUT2D eigenvalue weighted by Gasteiger charge is -2.12. The SMILES string of the molecule is CNC(=O)/C=C/c1ccc(S(=O)(=O)Nc2cc(C)ccc2OC)cc1. The zero-order chi connectivity index (χ0) is 18.4. The molecule has 0 saturated heterocycles. The molecule has 0 saturated carbocycles. The number of hydrogen-bond acceptors (Lipinski definition) is 4. The van der Waals surface area contributed by atoms with Crippen LogP contribution in [-0.4, -0.2) is 28.5 Å². The van der Waals surface area contributed by atoms with Crippen molar-refractivity contribution in [1.29, 1.82) is 0 Å². The molecular weight excluding hydrogens is 340 g/mol. The summed E-state index contributed by atoms with van der Waals surface area (Å²) in [6.45, 7) is 1.87. The van der Waals surface area contributed by atoms with Gasteiger partial charge in [0.15, 0.2) is 0 Å². The van der Waals surface area contributed by atoms with Crippen molar-refractivity contribution in [3.63, 3.8) is 0 Å². The van der Waals surface area contributed by atoms with E-state index in [-0.39, 0.29) is 10.8 Å². The monoisotopic (exact) mass is 360 g/mol. The second-order valence-corrected chi connectivity index (χ2v) is 7.01. The van der Waals surface area contributed by atoms with E-state index in [9.17, 15) is 13.2 Å². The highest BCUT2D eigenvalue weighted by Gasteiger charge is 2.16. The Labute approximate surface area is 147 Å². The number of benzene rings is 2. The summed E-state index contributed by atoms with van der Waals surface area (Å²) in [4.78, 5) is 11.3. The summed E-state index contributed by atoms with van der Waals surface area (Å²) in [6.07, 6.45) is 2.98. The average Bonchev–Trinajstić information content (AvgIpc) is 2.60. The highest BCUT2D eigenvalue weighted by Crippen LogP contribution is 2.27. The molecule has 2 aromatic rings. The standard InChI is InChI=1S/C18H20N2O4S/c1-13-4-10-17(24-3)16(12-13)20-25(22,23)15-8-5-14(6-9-15)7-11-18(21)19-2/h4-12,20H,1-3H3,(H,19,21)/b11-7+. The second kappa shape index (κ2) is 7.85. The zero-order valence-electron chi connectivity index (χ0n) is 14.2. The molecule has 0 aliphatic rings. The van der Waals surface area contributed by atoms with Crippen LogP contribution < -0.4 is 14.8 Å². The van der Waals surface area contributed by atoms with Gasteiger partial charge in [-0.1, -0.05) is 18.2 Å². The number of aryl methyl sites for hydroxylation is 1. The predicted octanol–water partition coefficient (Wildman–Crippen LogP) is 2.56. The zero-order valence-corrected chi connectivity index (χ0v) is 15.1. The van der Waals surface area contributed by atoms with Gasteiger partial charge in [-0.2, -0.15) is 0 Å². The van der Waals surface area contributed by atoms with E-state index in [1.54, 1.807) is 30.3 Å². The number of ether oxygens (including phenoxy) is 1. The van der Waals surface area contributed by atoms with Crippen LogP contribution in [0.2, 0.25) is 0 Å². The minimum Gasteiger partial charge on any atom is -0.495 e. The van der Waals surface area contributed by atoms with Gasteiger partial charge in [0.05, 0.1) is 17.7 Å². The number of likely N-dealkylation sites (N-methyl/N-ethyl adjacent to an activating group) is 1. The van der Waals surface area contributed by atoms with Gasteiger partial charge in [-0.3, -0.25) is 9.52 Å². The van der Waals surface area contributed by atoms with Crippen molar-refractivity contribution in [3.8, 4) is 5.75 Å². The summed E-state index contributed by atoms with van der Waals surface area (Å²) in [6, 6.07) is 11.5. The summed E-state index contributed by atoms with van der Waals surface area (Å²) in [5.74, 6) is 0.212. The number of methoxy groups -OCH3 is 1. The van der Waals surface area contributed by atoms with Crippen molar-refractivity contribution in [3.05, 3.63) is 59.7 Å². The molecule has 0 aliphatic heterocycles. The summed E-state index contributed by atoms with van der Waals surface area (Å²) >= 11 is 0. The molecule has 0 spiro atoms.